The van der Waals surface area contributed by atoms with Crippen LogP contribution in [-0.2, 0) is 0 Å². The zero-order chi connectivity index (χ0) is 36.0. The summed E-state index contributed by atoms with van der Waals surface area (Å²) >= 11 is 1.87. The molecule has 54 heavy (non-hydrogen) atoms. The third-order valence-corrected chi connectivity index (χ3v) is 16.3. The average molecular weight is 725 g/mol. The van der Waals surface area contributed by atoms with Crippen LogP contribution < -0.4 is 15.3 Å². The van der Waals surface area contributed by atoms with Crippen LogP contribution in [0.25, 0.3) is 69.9 Å². The third-order valence-electron chi connectivity index (χ3n) is 11.6. The molecule has 0 spiro atoms. The van der Waals surface area contributed by atoms with E-state index in [1.807, 2.05) is 11.3 Å². The SMILES string of the molecule is C[Si]1(C)c2ccccc2N(c2ccccc2)c2ccc(-c3ccc4c(c3)c3ccccc3n4-c3ccc(-c4ccc5sc6ccccc6c5c4)cc3)cc21. The van der Waals surface area contributed by atoms with Crippen molar-refractivity contribution in [1.82, 2.24) is 4.57 Å². The van der Waals surface area contributed by atoms with E-state index in [1.54, 1.807) is 0 Å². The van der Waals surface area contributed by atoms with Crippen LogP contribution in [0.5, 0.6) is 0 Å². The highest BCUT2D eigenvalue weighted by atomic mass is 32.1. The molecular weight excluding hydrogens is 689 g/mol. The maximum absolute atomic E-state index is 2.50. The van der Waals surface area contributed by atoms with Crippen LogP contribution in [-0.4, -0.2) is 12.6 Å². The van der Waals surface area contributed by atoms with Crippen molar-refractivity contribution >= 4 is 88.8 Å². The molecule has 0 N–H and O–H groups in total. The van der Waals surface area contributed by atoms with Crippen molar-refractivity contribution in [2.45, 2.75) is 13.1 Å². The molecule has 0 atom stereocenters. The molecule has 11 rings (SSSR count). The lowest BCUT2D eigenvalue weighted by atomic mass is 10.0. The summed E-state index contributed by atoms with van der Waals surface area (Å²) in [6, 6.07) is 67.6. The summed E-state index contributed by atoms with van der Waals surface area (Å²) in [4.78, 5) is 2.46. The van der Waals surface area contributed by atoms with E-state index in [-0.39, 0.29) is 0 Å². The van der Waals surface area contributed by atoms with E-state index >= 15 is 0 Å². The maximum atomic E-state index is 2.50. The summed E-state index contributed by atoms with van der Waals surface area (Å²) < 4.78 is 5.10. The Morgan fingerprint density at radius 3 is 1.85 bits per heavy atom. The minimum absolute atomic E-state index is 1.17. The summed E-state index contributed by atoms with van der Waals surface area (Å²) in [5.41, 5.74) is 12.4. The normalized spacial score (nSPS) is 13.5. The molecule has 1 aliphatic heterocycles. The van der Waals surface area contributed by atoms with Gasteiger partial charge < -0.3 is 9.47 Å². The number of hydrogen-bond acceptors (Lipinski definition) is 2. The van der Waals surface area contributed by atoms with E-state index in [4.69, 9.17) is 0 Å². The summed E-state index contributed by atoms with van der Waals surface area (Å²) in [6.45, 7) is 5.00. The topological polar surface area (TPSA) is 8.17 Å². The van der Waals surface area contributed by atoms with Crippen LogP contribution in [0.1, 0.15) is 0 Å². The molecular formula is C50H36N2SSi. The van der Waals surface area contributed by atoms with Gasteiger partial charge in [0.2, 0.25) is 0 Å². The molecule has 3 heterocycles. The number of para-hydroxylation sites is 3. The van der Waals surface area contributed by atoms with Gasteiger partial charge in [-0.15, -0.1) is 11.3 Å². The maximum Gasteiger partial charge on any atom is 0.117 e. The molecule has 0 unspecified atom stereocenters. The minimum Gasteiger partial charge on any atom is -0.311 e. The first-order valence-electron chi connectivity index (χ1n) is 18.7. The van der Waals surface area contributed by atoms with Gasteiger partial charge in [-0.05, 0) is 105 Å². The van der Waals surface area contributed by atoms with Gasteiger partial charge in [0.05, 0.1) is 11.0 Å². The zero-order valence-electron chi connectivity index (χ0n) is 30.1. The number of fused-ring (bicyclic) bond motifs is 8. The monoisotopic (exact) mass is 724 g/mol. The zero-order valence-corrected chi connectivity index (χ0v) is 31.9. The Bertz CT molecular complexity index is 3080. The number of aromatic nitrogens is 1. The van der Waals surface area contributed by atoms with Gasteiger partial charge >= 0.3 is 0 Å². The van der Waals surface area contributed by atoms with E-state index in [1.165, 1.54) is 97.4 Å². The Hall–Kier alpha value is -6.20. The van der Waals surface area contributed by atoms with E-state index < -0.39 is 8.07 Å². The highest BCUT2D eigenvalue weighted by molar-refractivity contribution is 7.25. The van der Waals surface area contributed by atoms with Gasteiger partial charge in [-0.1, -0.05) is 122 Å². The van der Waals surface area contributed by atoms with Crippen LogP contribution in [0.2, 0.25) is 13.1 Å². The summed E-state index contributed by atoms with van der Waals surface area (Å²) in [6.07, 6.45) is 0. The fourth-order valence-electron chi connectivity index (χ4n) is 8.88. The lowest BCUT2D eigenvalue weighted by Gasteiger charge is -2.41. The molecule has 0 radical (unpaired) electrons. The Labute approximate surface area is 319 Å². The first-order chi connectivity index (χ1) is 26.5. The number of thiophene rings is 1. The predicted molar refractivity (Wildman–Crippen MR) is 236 cm³/mol. The molecule has 2 nitrogen and oxygen atoms in total. The lowest BCUT2D eigenvalue weighted by molar-refractivity contribution is 1.18. The first-order valence-corrected chi connectivity index (χ1v) is 22.5. The Balaban J connectivity index is 1.01. The van der Waals surface area contributed by atoms with Crippen molar-refractivity contribution in [1.29, 1.82) is 0 Å². The van der Waals surface area contributed by atoms with E-state index in [0.717, 1.165) is 0 Å². The van der Waals surface area contributed by atoms with Gasteiger partial charge in [-0.25, -0.2) is 0 Å². The molecule has 0 amide bonds. The van der Waals surface area contributed by atoms with E-state index in [2.05, 4.69) is 205 Å². The van der Waals surface area contributed by atoms with E-state index in [9.17, 15) is 0 Å². The molecule has 4 heteroatoms. The summed E-state index contributed by atoms with van der Waals surface area (Å²) in [5, 5.41) is 8.15. The highest BCUT2D eigenvalue weighted by Crippen LogP contribution is 2.41. The van der Waals surface area contributed by atoms with Crippen LogP contribution in [0, 0.1) is 0 Å². The van der Waals surface area contributed by atoms with Crippen LogP contribution in [0.4, 0.5) is 17.1 Å². The van der Waals surface area contributed by atoms with Crippen molar-refractivity contribution in [2.75, 3.05) is 4.90 Å². The van der Waals surface area contributed by atoms with Gasteiger partial charge in [0.15, 0.2) is 0 Å². The standard InChI is InChI=1S/C50H36N2SSi/c1-54(2)49-19-11-9-17-45(49)52(37-12-4-3-5-13-37)46-28-23-36(32-50(46)54)35-22-27-44-41(30-35)39-14-6-8-16-43(39)51(44)38-25-20-33(21-26-38)34-24-29-48-42(31-34)40-15-7-10-18-47(40)53-48/h3-32H,1-2H3. The van der Waals surface area contributed by atoms with Crippen molar-refractivity contribution in [3.8, 4) is 27.9 Å². The molecule has 2 aromatic heterocycles. The van der Waals surface area contributed by atoms with Crippen molar-refractivity contribution < 1.29 is 0 Å². The third kappa shape index (κ3) is 4.70. The molecule has 1 aliphatic rings. The number of nitrogens with zero attached hydrogens (tertiary/aromatic N) is 2. The van der Waals surface area contributed by atoms with Crippen molar-refractivity contribution in [2.24, 2.45) is 0 Å². The average Bonchev–Trinajstić information content (AvgIpc) is 3.76. The lowest BCUT2D eigenvalue weighted by Crippen LogP contribution is -2.58. The molecule has 0 fully saturated rings. The number of rotatable bonds is 4. The first kappa shape index (κ1) is 31.3. The molecule has 0 bridgehead atoms. The number of benzene rings is 8. The second-order valence-corrected chi connectivity index (χ2v) is 20.4. The minimum atomic E-state index is -2.01. The van der Waals surface area contributed by atoms with Crippen molar-refractivity contribution in [3.63, 3.8) is 0 Å². The smallest absolute Gasteiger partial charge is 0.117 e. The van der Waals surface area contributed by atoms with E-state index in [0.29, 0.717) is 0 Å². The molecule has 0 saturated heterocycles. The molecule has 256 valence electrons. The van der Waals surface area contributed by atoms with Gasteiger partial charge in [-0.3, -0.25) is 0 Å². The van der Waals surface area contributed by atoms with Crippen molar-refractivity contribution in [3.05, 3.63) is 182 Å². The molecule has 0 aliphatic carbocycles. The van der Waals surface area contributed by atoms with Gasteiger partial charge in [0, 0.05) is 53.7 Å². The Morgan fingerprint density at radius 2 is 0.981 bits per heavy atom. The van der Waals surface area contributed by atoms with Gasteiger partial charge in [0.25, 0.3) is 0 Å². The van der Waals surface area contributed by atoms with Crippen LogP contribution in [0.3, 0.4) is 0 Å². The highest BCUT2D eigenvalue weighted by Gasteiger charge is 2.38. The quantitative estimate of drug-likeness (QED) is 0.164. The van der Waals surface area contributed by atoms with Crippen LogP contribution >= 0.6 is 11.3 Å². The van der Waals surface area contributed by atoms with Gasteiger partial charge in [-0.2, -0.15) is 0 Å². The fourth-order valence-corrected chi connectivity index (χ4v) is 13.0. The van der Waals surface area contributed by atoms with Gasteiger partial charge in [0.1, 0.15) is 8.07 Å². The molecule has 0 saturated carbocycles. The Morgan fingerprint density at radius 1 is 0.389 bits per heavy atom. The summed E-state index contributed by atoms with van der Waals surface area (Å²) in [7, 11) is -2.01. The Kier molecular flexibility index (Phi) is 6.91. The van der Waals surface area contributed by atoms with Crippen LogP contribution in [0.15, 0.2) is 182 Å². The molecule has 8 aromatic carbocycles. The number of hydrogen-bond donors (Lipinski definition) is 0. The molecule has 10 aromatic rings. The predicted octanol–water partition coefficient (Wildman–Crippen LogP) is 13.1. The number of anilines is 3. The summed E-state index contributed by atoms with van der Waals surface area (Å²) in [5.74, 6) is 0. The second kappa shape index (κ2) is 11.9. The second-order valence-electron chi connectivity index (χ2n) is 15.0. The largest absolute Gasteiger partial charge is 0.311 e. The fraction of sp³-hybridized carbons (Fsp3) is 0.0400.